The third-order valence-electron chi connectivity index (χ3n) is 5.98. The SMILES string of the molecule is C[C@@H]1CC(=O)C=C2CC[C@H]3[C@H](C3(C)C)[C@]21C. The first-order chi connectivity index (χ1) is 7.38. The molecule has 0 aromatic rings. The lowest BCUT2D eigenvalue weighted by Crippen LogP contribution is -2.38. The quantitative estimate of drug-likeness (QED) is 0.607. The first kappa shape index (κ1) is 10.6. The first-order valence-corrected chi connectivity index (χ1v) is 6.62. The van der Waals surface area contributed by atoms with Crippen molar-refractivity contribution in [1.82, 2.24) is 0 Å². The number of hydrogen-bond acceptors (Lipinski definition) is 1. The van der Waals surface area contributed by atoms with Crippen LogP contribution in [0.3, 0.4) is 0 Å². The van der Waals surface area contributed by atoms with Gasteiger partial charge in [0.25, 0.3) is 0 Å². The zero-order valence-electron chi connectivity index (χ0n) is 10.8. The molecule has 4 atom stereocenters. The lowest BCUT2D eigenvalue weighted by molar-refractivity contribution is -0.117. The zero-order valence-corrected chi connectivity index (χ0v) is 10.8. The van der Waals surface area contributed by atoms with E-state index >= 15 is 0 Å². The monoisotopic (exact) mass is 218 g/mol. The van der Waals surface area contributed by atoms with Gasteiger partial charge in [-0.3, -0.25) is 4.79 Å². The summed E-state index contributed by atoms with van der Waals surface area (Å²) in [7, 11) is 0. The lowest BCUT2D eigenvalue weighted by Gasteiger charge is -2.44. The molecule has 16 heavy (non-hydrogen) atoms. The molecule has 0 N–H and O–H groups in total. The molecular weight excluding hydrogens is 196 g/mol. The Balaban J connectivity index is 2.06. The Morgan fingerprint density at radius 1 is 1.31 bits per heavy atom. The van der Waals surface area contributed by atoms with Crippen LogP contribution in [0.5, 0.6) is 0 Å². The van der Waals surface area contributed by atoms with E-state index in [0.717, 1.165) is 24.7 Å². The van der Waals surface area contributed by atoms with Crippen molar-refractivity contribution in [1.29, 1.82) is 0 Å². The number of rotatable bonds is 0. The van der Waals surface area contributed by atoms with Gasteiger partial charge >= 0.3 is 0 Å². The molecule has 0 unspecified atom stereocenters. The molecule has 1 heteroatoms. The fourth-order valence-corrected chi connectivity index (χ4v) is 4.87. The summed E-state index contributed by atoms with van der Waals surface area (Å²) in [6, 6.07) is 0. The Bertz CT molecular complexity index is 390. The van der Waals surface area contributed by atoms with Gasteiger partial charge in [-0.1, -0.05) is 33.3 Å². The van der Waals surface area contributed by atoms with Gasteiger partial charge in [-0.2, -0.15) is 0 Å². The Hall–Kier alpha value is -0.590. The Kier molecular flexibility index (Phi) is 1.85. The van der Waals surface area contributed by atoms with Crippen LogP contribution in [0.2, 0.25) is 0 Å². The van der Waals surface area contributed by atoms with E-state index in [1.807, 2.05) is 6.08 Å². The van der Waals surface area contributed by atoms with Gasteiger partial charge in [0.1, 0.15) is 0 Å². The smallest absolute Gasteiger partial charge is 0.155 e. The second kappa shape index (κ2) is 2.80. The average Bonchev–Trinajstić information content (AvgIpc) is 2.73. The van der Waals surface area contributed by atoms with Crippen LogP contribution >= 0.6 is 0 Å². The fourth-order valence-electron chi connectivity index (χ4n) is 4.87. The van der Waals surface area contributed by atoms with Crippen LogP contribution in [-0.4, -0.2) is 5.78 Å². The van der Waals surface area contributed by atoms with Gasteiger partial charge < -0.3 is 0 Å². The molecular formula is C15H22O. The average molecular weight is 218 g/mol. The van der Waals surface area contributed by atoms with Crippen LogP contribution in [-0.2, 0) is 4.79 Å². The number of carbonyl (C=O) groups is 1. The molecule has 3 rings (SSSR count). The standard InChI is InChI=1S/C15H22O/c1-9-7-11(16)8-10-5-6-12-13(14(12,2)3)15(9,10)4/h8-9,12-13H,5-7H2,1-4H3/t9-,12+,13-,15+/m1/s1. The van der Waals surface area contributed by atoms with Gasteiger partial charge in [-0.25, -0.2) is 0 Å². The molecule has 0 heterocycles. The minimum Gasteiger partial charge on any atom is -0.295 e. The summed E-state index contributed by atoms with van der Waals surface area (Å²) in [4.78, 5) is 11.7. The van der Waals surface area contributed by atoms with Crippen molar-refractivity contribution in [3.05, 3.63) is 11.6 Å². The maximum absolute atomic E-state index is 11.7. The highest BCUT2D eigenvalue weighted by atomic mass is 16.1. The Labute approximate surface area is 98.3 Å². The molecule has 0 bridgehead atoms. The molecule has 0 aliphatic heterocycles. The molecule has 0 saturated heterocycles. The molecule has 0 spiro atoms. The molecule has 3 aliphatic carbocycles. The lowest BCUT2D eigenvalue weighted by atomic mass is 9.59. The van der Waals surface area contributed by atoms with E-state index in [9.17, 15) is 4.79 Å². The van der Waals surface area contributed by atoms with Crippen molar-refractivity contribution in [3.8, 4) is 0 Å². The molecule has 0 aromatic carbocycles. The summed E-state index contributed by atoms with van der Waals surface area (Å²) in [6.07, 6.45) is 5.21. The van der Waals surface area contributed by atoms with E-state index in [1.165, 1.54) is 12.0 Å². The largest absolute Gasteiger partial charge is 0.295 e. The van der Waals surface area contributed by atoms with E-state index in [2.05, 4.69) is 27.7 Å². The second-order valence-electron chi connectivity index (χ2n) is 6.97. The predicted octanol–water partition coefficient (Wildman–Crippen LogP) is 3.59. The number of fused-ring (bicyclic) bond motifs is 3. The Morgan fingerprint density at radius 3 is 2.69 bits per heavy atom. The van der Waals surface area contributed by atoms with Gasteiger partial charge in [0.15, 0.2) is 5.78 Å². The zero-order chi connectivity index (χ0) is 11.7. The van der Waals surface area contributed by atoms with Crippen molar-refractivity contribution in [2.45, 2.75) is 47.0 Å². The summed E-state index contributed by atoms with van der Waals surface area (Å²) in [5.41, 5.74) is 2.29. The van der Waals surface area contributed by atoms with Crippen molar-refractivity contribution < 1.29 is 4.79 Å². The highest BCUT2D eigenvalue weighted by Crippen LogP contribution is 2.74. The van der Waals surface area contributed by atoms with Crippen molar-refractivity contribution >= 4 is 5.78 Å². The molecule has 0 radical (unpaired) electrons. The maximum Gasteiger partial charge on any atom is 0.155 e. The van der Waals surface area contributed by atoms with Gasteiger partial charge in [-0.05, 0) is 47.5 Å². The number of allylic oxidation sites excluding steroid dienone is 2. The molecule has 0 aromatic heterocycles. The van der Waals surface area contributed by atoms with Crippen LogP contribution < -0.4 is 0 Å². The first-order valence-electron chi connectivity index (χ1n) is 6.62. The molecule has 88 valence electrons. The van der Waals surface area contributed by atoms with Crippen molar-refractivity contribution in [2.75, 3.05) is 0 Å². The van der Waals surface area contributed by atoms with E-state index in [0.29, 0.717) is 22.5 Å². The van der Waals surface area contributed by atoms with Gasteiger partial charge in [0.05, 0.1) is 0 Å². The normalized spacial score (nSPS) is 49.1. The van der Waals surface area contributed by atoms with E-state index < -0.39 is 0 Å². The number of ketones is 1. The van der Waals surface area contributed by atoms with E-state index in [-0.39, 0.29) is 0 Å². The van der Waals surface area contributed by atoms with E-state index in [4.69, 9.17) is 0 Å². The summed E-state index contributed by atoms with van der Waals surface area (Å²) < 4.78 is 0. The van der Waals surface area contributed by atoms with Crippen molar-refractivity contribution in [3.63, 3.8) is 0 Å². The summed E-state index contributed by atoms with van der Waals surface area (Å²) in [5.74, 6) is 2.62. The number of carbonyl (C=O) groups excluding carboxylic acids is 1. The topological polar surface area (TPSA) is 17.1 Å². The molecule has 1 nitrogen and oxygen atoms in total. The number of hydrogen-bond donors (Lipinski definition) is 0. The molecule has 2 fully saturated rings. The van der Waals surface area contributed by atoms with Gasteiger partial charge in [0.2, 0.25) is 0 Å². The summed E-state index contributed by atoms with van der Waals surface area (Å²) in [6.45, 7) is 9.53. The van der Waals surface area contributed by atoms with Gasteiger partial charge in [-0.15, -0.1) is 0 Å². The summed E-state index contributed by atoms with van der Waals surface area (Å²) >= 11 is 0. The highest BCUT2D eigenvalue weighted by Gasteiger charge is 2.68. The van der Waals surface area contributed by atoms with Crippen LogP contribution in [0.1, 0.15) is 47.0 Å². The molecule has 3 aliphatic rings. The van der Waals surface area contributed by atoms with Crippen LogP contribution in [0.4, 0.5) is 0 Å². The van der Waals surface area contributed by atoms with Gasteiger partial charge in [0, 0.05) is 6.42 Å². The van der Waals surface area contributed by atoms with Crippen molar-refractivity contribution in [2.24, 2.45) is 28.6 Å². The minimum absolute atomic E-state index is 0.320. The van der Waals surface area contributed by atoms with Crippen LogP contribution in [0, 0.1) is 28.6 Å². The second-order valence-corrected chi connectivity index (χ2v) is 6.97. The highest BCUT2D eigenvalue weighted by molar-refractivity contribution is 5.92. The Morgan fingerprint density at radius 2 is 2.00 bits per heavy atom. The maximum atomic E-state index is 11.7. The van der Waals surface area contributed by atoms with Crippen LogP contribution in [0.15, 0.2) is 11.6 Å². The summed E-state index contributed by atoms with van der Waals surface area (Å²) in [5, 5.41) is 0. The third kappa shape index (κ3) is 1.05. The minimum atomic E-state index is 0.320. The molecule has 2 saturated carbocycles. The third-order valence-corrected chi connectivity index (χ3v) is 5.98. The van der Waals surface area contributed by atoms with Crippen LogP contribution in [0.25, 0.3) is 0 Å². The van der Waals surface area contributed by atoms with E-state index in [1.54, 1.807) is 0 Å². The fraction of sp³-hybridized carbons (Fsp3) is 0.800. The molecule has 0 amide bonds. The predicted molar refractivity (Wildman–Crippen MR) is 65.0 cm³/mol.